The smallest absolute Gasteiger partial charge is 0.162 e. The van der Waals surface area contributed by atoms with Gasteiger partial charge in [0.15, 0.2) is 5.58 Å². The van der Waals surface area contributed by atoms with Crippen LogP contribution in [-0.2, 0) is 12.8 Å². The highest BCUT2D eigenvalue weighted by molar-refractivity contribution is 7.13. The minimum atomic E-state index is 0.948. The Morgan fingerprint density at radius 1 is 0.786 bits per heavy atom. The fourth-order valence-electron chi connectivity index (χ4n) is 4.61. The summed E-state index contributed by atoms with van der Waals surface area (Å²) < 4.78 is 6.39. The first-order chi connectivity index (χ1) is 13.9. The largest absolute Gasteiger partial charge is 0.454 e. The molecule has 0 N–H and O–H groups in total. The van der Waals surface area contributed by atoms with E-state index in [1.807, 2.05) is 17.4 Å². The number of hydrogen-bond acceptors (Lipinski definition) is 3. The molecule has 1 aliphatic rings. The van der Waals surface area contributed by atoms with Gasteiger partial charge in [-0.1, -0.05) is 56.7 Å². The van der Waals surface area contributed by atoms with Crippen LogP contribution in [0.4, 0.5) is 0 Å². The second kappa shape index (κ2) is 8.08. The number of pyridine rings is 1. The van der Waals surface area contributed by atoms with Gasteiger partial charge in [-0.25, -0.2) is 4.98 Å². The number of aromatic nitrogens is 1. The third kappa shape index (κ3) is 3.37. The molecule has 3 heteroatoms. The minimum Gasteiger partial charge on any atom is -0.454 e. The van der Waals surface area contributed by atoms with Crippen molar-refractivity contribution in [2.75, 3.05) is 0 Å². The summed E-state index contributed by atoms with van der Waals surface area (Å²) in [6.45, 7) is 0. The van der Waals surface area contributed by atoms with Crippen LogP contribution >= 0.6 is 11.3 Å². The van der Waals surface area contributed by atoms with Crippen LogP contribution < -0.4 is 0 Å². The highest BCUT2D eigenvalue weighted by atomic mass is 32.1. The molecule has 0 spiro atoms. The van der Waals surface area contributed by atoms with Gasteiger partial charge in [-0.3, -0.25) is 0 Å². The molecule has 2 nitrogen and oxygen atoms in total. The molecule has 3 aromatic heterocycles. The summed E-state index contributed by atoms with van der Waals surface area (Å²) in [5, 5.41) is 3.32. The Bertz CT molecular complexity index is 1080. The molecular formula is C25H27NOS. The first-order valence-corrected chi connectivity index (χ1v) is 11.7. The van der Waals surface area contributed by atoms with Gasteiger partial charge in [0.1, 0.15) is 11.1 Å². The maximum Gasteiger partial charge on any atom is 0.162 e. The zero-order valence-electron chi connectivity index (χ0n) is 16.4. The molecule has 1 aromatic carbocycles. The Balaban J connectivity index is 1.74. The molecule has 0 fully saturated rings. The Morgan fingerprint density at radius 3 is 2.32 bits per heavy atom. The van der Waals surface area contributed by atoms with Crippen molar-refractivity contribution >= 4 is 33.4 Å². The number of aryl methyl sites for hydroxylation is 1. The van der Waals surface area contributed by atoms with Crippen LogP contribution in [0.5, 0.6) is 0 Å². The van der Waals surface area contributed by atoms with E-state index in [0.29, 0.717) is 0 Å². The lowest BCUT2D eigenvalue weighted by Crippen LogP contribution is -2.03. The van der Waals surface area contributed by atoms with Crippen molar-refractivity contribution in [1.29, 1.82) is 0 Å². The van der Waals surface area contributed by atoms with E-state index in [4.69, 9.17) is 9.40 Å². The fraction of sp³-hybridized carbons (Fsp3) is 0.400. The lowest BCUT2D eigenvalue weighted by atomic mass is 9.93. The van der Waals surface area contributed by atoms with Crippen molar-refractivity contribution in [2.45, 2.75) is 64.2 Å². The SMILES string of the molecule is c1csc(-c2c3c(nc4c2oc2ccccc24)CCCCCCCCCC3)c1. The lowest BCUT2D eigenvalue weighted by Gasteiger charge is -2.15. The highest BCUT2D eigenvalue weighted by Gasteiger charge is 2.21. The molecule has 0 amide bonds. The van der Waals surface area contributed by atoms with E-state index in [1.54, 1.807) is 0 Å². The molecule has 3 heterocycles. The number of hydrogen-bond donors (Lipinski definition) is 0. The van der Waals surface area contributed by atoms with E-state index in [0.717, 1.165) is 34.9 Å². The summed E-state index contributed by atoms with van der Waals surface area (Å²) in [5.74, 6) is 0. The van der Waals surface area contributed by atoms with Gasteiger partial charge in [0.05, 0.1) is 0 Å². The average molecular weight is 390 g/mol. The summed E-state index contributed by atoms with van der Waals surface area (Å²) in [6, 6.07) is 12.7. The van der Waals surface area contributed by atoms with Crippen molar-refractivity contribution in [3.63, 3.8) is 0 Å². The maximum absolute atomic E-state index is 6.39. The summed E-state index contributed by atoms with van der Waals surface area (Å²) in [6.07, 6.45) is 12.8. The first kappa shape index (κ1) is 17.9. The van der Waals surface area contributed by atoms with Gasteiger partial charge < -0.3 is 4.42 Å². The molecule has 1 aliphatic carbocycles. The standard InChI is InChI=1S/C25H27NOS/c1-2-4-6-8-14-20-18(12-7-5-3-1)23(22-16-11-17-28-22)25-24(26-20)19-13-9-10-15-21(19)27-25/h9-11,13,15-17H,1-8,12,14H2. The first-order valence-electron chi connectivity index (χ1n) is 10.8. The Hall–Kier alpha value is -2.13. The van der Waals surface area contributed by atoms with Crippen LogP contribution in [0.3, 0.4) is 0 Å². The number of thiophene rings is 1. The van der Waals surface area contributed by atoms with Crippen molar-refractivity contribution in [1.82, 2.24) is 4.98 Å². The van der Waals surface area contributed by atoms with Crippen molar-refractivity contribution in [2.24, 2.45) is 0 Å². The molecule has 0 bridgehead atoms. The van der Waals surface area contributed by atoms with Crippen molar-refractivity contribution in [3.05, 3.63) is 53.0 Å². The van der Waals surface area contributed by atoms with E-state index < -0.39 is 0 Å². The highest BCUT2D eigenvalue weighted by Crippen LogP contribution is 2.41. The molecule has 0 saturated heterocycles. The predicted octanol–water partition coefficient (Wildman–Crippen LogP) is 7.93. The summed E-state index contributed by atoms with van der Waals surface area (Å²) in [5.41, 5.74) is 7.03. The van der Waals surface area contributed by atoms with E-state index in [-0.39, 0.29) is 0 Å². The number of furan rings is 1. The molecule has 28 heavy (non-hydrogen) atoms. The lowest BCUT2D eigenvalue weighted by molar-refractivity contribution is 0.557. The van der Waals surface area contributed by atoms with Crippen molar-refractivity contribution < 1.29 is 4.42 Å². The molecule has 0 saturated carbocycles. The summed E-state index contributed by atoms with van der Waals surface area (Å²) >= 11 is 1.81. The Labute approximate surface area is 170 Å². The van der Waals surface area contributed by atoms with Crippen LogP contribution in [0, 0.1) is 0 Å². The summed E-state index contributed by atoms with van der Waals surface area (Å²) in [7, 11) is 0. The van der Waals surface area contributed by atoms with Gasteiger partial charge in [-0.2, -0.15) is 0 Å². The van der Waals surface area contributed by atoms with E-state index in [2.05, 4.69) is 35.7 Å². The second-order valence-corrected chi connectivity index (χ2v) is 8.94. The van der Waals surface area contributed by atoms with Crippen LogP contribution in [0.2, 0.25) is 0 Å². The van der Waals surface area contributed by atoms with Gasteiger partial charge in [-0.05, 0) is 54.8 Å². The fourth-order valence-corrected chi connectivity index (χ4v) is 5.40. The van der Waals surface area contributed by atoms with Crippen LogP contribution in [0.1, 0.15) is 62.6 Å². The van der Waals surface area contributed by atoms with Gasteiger partial charge >= 0.3 is 0 Å². The zero-order chi connectivity index (χ0) is 18.8. The average Bonchev–Trinajstić information content (AvgIpc) is 3.35. The van der Waals surface area contributed by atoms with Gasteiger partial charge in [-0.15, -0.1) is 11.3 Å². The van der Waals surface area contributed by atoms with E-state index in [1.165, 1.54) is 73.1 Å². The number of fused-ring (bicyclic) bond motifs is 4. The molecule has 0 unspecified atom stereocenters. The molecule has 0 radical (unpaired) electrons. The summed E-state index contributed by atoms with van der Waals surface area (Å²) in [4.78, 5) is 6.53. The molecule has 0 aliphatic heterocycles. The van der Waals surface area contributed by atoms with Crippen LogP contribution in [0.15, 0.2) is 46.2 Å². The minimum absolute atomic E-state index is 0.948. The van der Waals surface area contributed by atoms with Crippen LogP contribution in [-0.4, -0.2) is 4.98 Å². The molecule has 0 atom stereocenters. The van der Waals surface area contributed by atoms with E-state index in [9.17, 15) is 0 Å². The third-order valence-corrected chi connectivity index (χ3v) is 6.94. The molecule has 4 aromatic rings. The topological polar surface area (TPSA) is 26.0 Å². The normalized spacial score (nSPS) is 16.6. The predicted molar refractivity (Wildman–Crippen MR) is 119 cm³/mol. The monoisotopic (exact) mass is 389 g/mol. The number of rotatable bonds is 1. The second-order valence-electron chi connectivity index (χ2n) is 7.99. The molecule has 144 valence electrons. The molecular weight excluding hydrogens is 362 g/mol. The maximum atomic E-state index is 6.39. The van der Waals surface area contributed by atoms with Gasteiger partial charge in [0.2, 0.25) is 0 Å². The number of para-hydroxylation sites is 1. The Kier molecular flexibility index (Phi) is 5.18. The number of benzene rings is 1. The van der Waals surface area contributed by atoms with Crippen LogP contribution in [0.25, 0.3) is 32.5 Å². The van der Waals surface area contributed by atoms with Crippen molar-refractivity contribution in [3.8, 4) is 10.4 Å². The van der Waals surface area contributed by atoms with E-state index >= 15 is 0 Å². The molecule has 5 rings (SSSR count). The zero-order valence-corrected chi connectivity index (χ0v) is 17.2. The van der Waals surface area contributed by atoms with Gasteiger partial charge in [0, 0.05) is 21.5 Å². The third-order valence-electron chi connectivity index (χ3n) is 6.05. The quantitative estimate of drug-likeness (QED) is 0.330. The Morgan fingerprint density at radius 2 is 1.54 bits per heavy atom. The number of nitrogens with zero attached hydrogens (tertiary/aromatic N) is 1. The van der Waals surface area contributed by atoms with Gasteiger partial charge in [0.25, 0.3) is 0 Å².